The van der Waals surface area contributed by atoms with Crippen molar-refractivity contribution >= 4 is 11.8 Å². The summed E-state index contributed by atoms with van der Waals surface area (Å²) < 4.78 is 0. The van der Waals surface area contributed by atoms with Gasteiger partial charge in [0.1, 0.15) is 0 Å². The van der Waals surface area contributed by atoms with Crippen molar-refractivity contribution in [2.45, 2.75) is 57.0 Å². The molecule has 1 saturated carbocycles. The van der Waals surface area contributed by atoms with E-state index in [0.29, 0.717) is 6.04 Å². The van der Waals surface area contributed by atoms with Crippen molar-refractivity contribution in [1.29, 1.82) is 0 Å². The summed E-state index contributed by atoms with van der Waals surface area (Å²) in [6.07, 6.45) is 8.84. The maximum absolute atomic E-state index is 3.81. The highest BCUT2D eigenvalue weighted by Crippen LogP contribution is 2.32. The lowest BCUT2D eigenvalue weighted by Gasteiger charge is -2.31. The minimum absolute atomic E-state index is 0.672. The van der Waals surface area contributed by atoms with Crippen molar-refractivity contribution in [3.05, 3.63) is 35.9 Å². The van der Waals surface area contributed by atoms with Gasteiger partial charge in [0, 0.05) is 12.1 Å². The summed E-state index contributed by atoms with van der Waals surface area (Å²) >= 11 is 1.95. The molecule has 0 radical (unpaired) electrons. The van der Waals surface area contributed by atoms with Gasteiger partial charge in [-0.2, -0.15) is 11.8 Å². The number of hydrogen-bond donors (Lipinski definition) is 1. The molecule has 1 nitrogen and oxygen atoms in total. The molecule has 19 heavy (non-hydrogen) atoms. The molecule has 1 aromatic carbocycles. The molecule has 1 unspecified atom stereocenters. The Balaban J connectivity index is 1.73. The van der Waals surface area contributed by atoms with Crippen LogP contribution >= 0.6 is 11.8 Å². The Morgan fingerprint density at radius 1 is 1.16 bits per heavy atom. The van der Waals surface area contributed by atoms with Crippen molar-refractivity contribution < 1.29 is 0 Å². The molecule has 1 N–H and O–H groups in total. The lowest BCUT2D eigenvalue weighted by Crippen LogP contribution is -2.39. The average molecular weight is 277 g/mol. The number of benzene rings is 1. The lowest BCUT2D eigenvalue weighted by molar-refractivity contribution is 0.318. The first kappa shape index (κ1) is 14.9. The fourth-order valence-corrected chi connectivity index (χ4v) is 3.69. The van der Waals surface area contributed by atoms with E-state index in [1.165, 1.54) is 43.4 Å². The van der Waals surface area contributed by atoms with E-state index >= 15 is 0 Å². The van der Waals surface area contributed by atoms with Gasteiger partial charge in [0.2, 0.25) is 0 Å². The van der Waals surface area contributed by atoms with E-state index < -0.39 is 0 Å². The van der Waals surface area contributed by atoms with Crippen LogP contribution in [0.25, 0.3) is 0 Å². The van der Waals surface area contributed by atoms with E-state index in [1.807, 2.05) is 11.8 Å². The summed E-state index contributed by atoms with van der Waals surface area (Å²) in [5.74, 6) is 2.06. The van der Waals surface area contributed by atoms with Gasteiger partial charge >= 0.3 is 0 Å². The third-order valence-corrected chi connectivity index (χ3v) is 4.92. The Kier molecular flexibility index (Phi) is 6.25. The summed E-state index contributed by atoms with van der Waals surface area (Å²) in [4.78, 5) is 0. The highest BCUT2D eigenvalue weighted by Gasteiger charge is 2.22. The van der Waals surface area contributed by atoms with Crippen molar-refractivity contribution in [3.8, 4) is 0 Å². The van der Waals surface area contributed by atoms with E-state index in [9.17, 15) is 0 Å². The van der Waals surface area contributed by atoms with Gasteiger partial charge in [0.25, 0.3) is 0 Å². The lowest BCUT2D eigenvalue weighted by atomic mass is 9.81. The summed E-state index contributed by atoms with van der Waals surface area (Å²) in [6, 6.07) is 12.5. The van der Waals surface area contributed by atoms with Crippen LogP contribution in [0.2, 0.25) is 0 Å². The molecule has 1 aliphatic carbocycles. The molecule has 0 aromatic heterocycles. The Morgan fingerprint density at radius 3 is 2.47 bits per heavy atom. The summed E-state index contributed by atoms with van der Waals surface area (Å²) in [7, 11) is 0. The van der Waals surface area contributed by atoms with Gasteiger partial charge in [-0.15, -0.1) is 0 Å². The first-order valence-corrected chi connectivity index (χ1v) is 8.99. The third kappa shape index (κ3) is 4.85. The molecular formula is C17H27NS. The number of thioether (sulfide) groups is 1. The van der Waals surface area contributed by atoms with Crippen LogP contribution in [-0.2, 0) is 0 Å². The van der Waals surface area contributed by atoms with Crippen molar-refractivity contribution in [2.75, 3.05) is 12.0 Å². The highest BCUT2D eigenvalue weighted by molar-refractivity contribution is 7.98. The van der Waals surface area contributed by atoms with Crippen LogP contribution in [0.1, 0.15) is 50.5 Å². The quantitative estimate of drug-likeness (QED) is 0.825. The van der Waals surface area contributed by atoms with Gasteiger partial charge in [-0.1, -0.05) is 30.3 Å². The molecule has 0 amide bonds. The Labute approximate surface area is 122 Å². The molecule has 0 aliphatic heterocycles. The van der Waals surface area contributed by atoms with E-state index in [1.54, 1.807) is 0 Å². The van der Waals surface area contributed by atoms with E-state index in [0.717, 1.165) is 12.0 Å². The minimum Gasteiger partial charge on any atom is -0.311 e. The number of hydrogen-bond acceptors (Lipinski definition) is 2. The predicted octanol–water partition coefficient (Wildman–Crippen LogP) is 4.44. The van der Waals surface area contributed by atoms with Gasteiger partial charge in [-0.25, -0.2) is 0 Å². The van der Waals surface area contributed by atoms with Crippen LogP contribution in [0.5, 0.6) is 0 Å². The average Bonchev–Trinajstić information content (AvgIpc) is 2.47. The normalized spacial score (nSPS) is 25.2. The monoisotopic (exact) mass is 277 g/mol. The summed E-state index contributed by atoms with van der Waals surface area (Å²) in [5, 5.41) is 3.81. The Morgan fingerprint density at radius 2 is 1.84 bits per heavy atom. The zero-order valence-corrected chi connectivity index (χ0v) is 13.1. The molecule has 0 spiro atoms. The summed E-state index contributed by atoms with van der Waals surface area (Å²) in [5.41, 5.74) is 1.54. The summed E-state index contributed by atoms with van der Waals surface area (Å²) in [6.45, 7) is 2.33. The second kappa shape index (κ2) is 7.96. The predicted molar refractivity (Wildman–Crippen MR) is 87.0 cm³/mol. The largest absolute Gasteiger partial charge is 0.311 e. The molecule has 0 bridgehead atoms. The van der Waals surface area contributed by atoms with Crippen molar-refractivity contribution in [1.82, 2.24) is 5.32 Å². The van der Waals surface area contributed by atoms with Gasteiger partial charge in [-0.3, -0.25) is 0 Å². The standard InChI is InChI=1S/C17H27NS/c1-14(12-13-19-2)18-17-10-8-16(9-11-17)15-6-4-3-5-7-15/h3-7,14,16-18H,8-13H2,1-2H3. The molecule has 0 saturated heterocycles. The number of nitrogens with one attached hydrogen (secondary N) is 1. The maximum atomic E-state index is 3.81. The molecule has 1 aliphatic rings. The smallest absolute Gasteiger partial charge is 0.00699 e. The fourth-order valence-electron chi connectivity index (χ4n) is 3.10. The van der Waals surface area contributed by atoms with Gasteiger partial charge < -0.3 is 5.32 Å². The SMILES string of the molecule is CSCCC(C)NC1CCC(c2ccccc2)CC1. The van der Waals surface area contributed by atoms with Crippen LogP contribution < -0.4 is 5.32 Å². The molecular weight excluding hydrogens is 250 g/mol. The van der Waals surface area contributed by atoms with Gasteiger partial charge in [0.05, 0.1) is 0 Å². The second-order valence-electron chi connectivity index (χ2n) is 5.81. The van der Waals surface area contributed by atoms with Gasteiger partial charge in [0.15, 0.2) is 0 Å². The molecule has 1 atom stereocenters. The fraction of sp³-hybridized carbons (Fsp3) is 0.647. The molecule has 1 aromatic rings. The van der Waals surface area contributed by atoms with Crippen LogP contribution in [0.3, 0.4) is 0 Å². The van der Waals surface area contributed by atoms with E-state index in [4.69, 9.17) is 0 Å². The third-order valence-electron chi connectivity index (χ3n) is 4.27. The first-order chi connectivity index (χ1) is 9.29. The van der Waals surface area contributed by atoms with Crippen LogP contribution in [0.15, 0.2) is 30.3 Å². The molecule has 2 rings (SSSR count). The van der Waals surface area contributed by atoms with Gasteiger partial charge in [-0.05, 0) is 62.5 Å². The number of rotatable bonds is 6. The van der Waals surface area contributed by atoms with Crippen LogP contribution in [0.4, 0.5) is 0 Å². The molecule has 106 valence electrons. The van der Waals surface area contributed by atoms with Crippen LogP contribution in [-0.4, -0.2) is 24.1 Å². The molecule has 0 heterocycles. The van der Waals surface area contributed by atoms with Crippen molar-refractivity contribution in [2.24, 2.45) is 0 Å². The van der Waals surface area contributed by atoms with Crippen LogP contribution in [0, 0.1) is 0 Å². The highest BCUT2D eigenvalue weighted by atomic mass is 32.2. The van der Waals surface area contributed by atoms with E-state index in [2.05, 4.69) is 48.8 Å². The minimum atomic E-state index is 0.672. The zero-order chi connectivity index (χ0) is 13.5. The topological polar surface area (TPSA) is 12.0 Å². The molecule has 2 heteroatoms. The van der Waals surface area contributed by atoms with E-state index in [-0.39, 0.29) is 0 Å². The van der Waals surface area contributed by atoms with Crippen molar-refractivity contribution in [3.63, 3.8) is 0 Å². The maximum Gasteiger partial charge on any atom is 0.00699 e. The second-order valence-corrected chi connectivity index (χ2v) is 6.79. The zero-order valence-electron chi connectivity index (χ0n) is 12.3. The first-order valence-electron chi connectivity index (χ1n) is 7.59. The molecule has 1 fully saturated rings. The Bertz CT molecular complexity index is 344. The Hall–Kier alpha value is -0.470.